The molecule has 1 aromatic heterocycles. The molecule has 0 unspecified atom stereocenters. The number of anilines is 1. The number of aryl methyl sites for hydroxylation is 3. The van der Waals surface area contributed by atoms with E-state index < -0.39 is 10.0 Å². The van der Waals surface area contributed by atoms with Crippen molar-refractivity contribution in [1.82, 2.24) is 4.90 Å². The normalized spacial score (nSPS) is 14.5. The Morgan fingerprint density at radius 1 is 1.00 bits per heavy atom. The van der Waals surface area contributed by atoms with Gasteiger partial charge >= 0.3 is 0 Å². The van der Waals surface area contributed by atoms with Gasteiger partial charge in [0.2, 0.25) is 0 Å². The van der Waals surface area contributed by atoms with E-state index in [1.54, 1.807) is 24.0 Å². The molecular weight excluding hydrogens is 400 g/mol. The minimum absolute atomic E-state index is 0.0849. The molecule has 2 heterocycles. The highest BCUT2D eigenvalue weighted by Crippen LogP contribution is 2.36. The van der Waals surface area contributed by atoms with Crippen LogP contribution in [0.4, 0.5) is 5.69 Å². The Morgan fingerprint density at radius 2 is 1.63 bits per heavy atom. The second-order valence-corrected chi connectivity index (χ2v) is 9.67. The van der Waals surface area contributed by atoms with Crippen LogP contribution in [0.3, 0.4) is 0 Å². The number of benzene rings is 2. The number of carbonyl (C=O) groups is 1. The van der Waals surface area contributed by atoms with Crippen LogP contribution in [0.1, 0.15) is 45.7 Å². The summed E-state index contributed by atoms with van der Waals surface area (Å²) in [7, 11) is -3.92. The van der Waals surface area contributed by atoms with Crippen molar-refractivity contribution >= 4 is 32.6 Å². The number of sulfonamides is 1. The monoisotopic (exact) mass is 426 g/mol. The first-order chi connectivity index (χ1) is 14.2. The Kier molecular flexibility index (Phi) is 5.10. The number of rotatable bonds is 4. The highest BCUT2D eigenvalue weighted by Gasteiger charge is 2.30. The molecule has 1 aliphatic rings. The molecule has 0 saturated carbocycles. The van der Waals surface area contributed by atoms with Crippen LogP contribution >= 0.6 is 0 Å². The smallest absolute Gasteiger partial charge is 0.289 e. The summed E-state index contributed by atoms with van der Waals surface area (Å²) in [5.74, 6) is 0.0510. The predicted octanol–water partition coefficient (Wildman–Crippen LogP) is 4.70. The number of nitrogens with zero attached hydrogens (tertiary/aromatic N) is 1. The molecule has 1 saturated heterocycles. The third kappa shape index (κ3) is 3.47. The average Bonchev–Trinajstić information content (AvgIpc) is 3.33. The lowest BCUT2D eigenvalue weighted by atomic mass is 10.0. The van der Waals surface area contributed by atoms with Gasteiger partial charge in [-0.2, -0.15) is 0 Å². The molecule has 1 amide bonds. The van der Waals surface area contributed by atoms with Crippen LogP contribution in [-0.2, 0) is 10.0 Å². The van der Waals surface area contributed by atoms with Gasteiger partial charge in [0.25, 0.3) is 15.9 Å². The topological polar surface area (TPSA) is 79.6 Å². The molecule has 4 rings (SSSR count). The first-order valence-electron chi connectivity index (χ1n) is 10.1. The van der Waals surface area contributed by atoms with Gasteiger partial charge < -0.3 is 9.32 Å². The summed E-state index contributed by atoms with van der Waals surface area (Å²) in [4.78, 5) is 14.8. The zero-order valence-electron chi connectivity index (χ0n) is 17.7. The van der Waals surface area contributed by atoms with Crippen molar-refractivity contribution < 1.29 is 17.6 Å². The Bertz CT molecular complexity index is 1230. The summed E-state index contributed by atoms with van der Waals surface area (Å²) >= 11 is 0. The number of carbonyl (C=O) groups excluding carboxylic acids is 1. The number of nitrogens with one attached hydrogen (secondary N) is 1. The van der Waals surface area contributed by atoms with Gasteiger partial charge in [0.15, 0.2) is 11.3 Å². The lowest BCUT2D eigenvalue weighted by Gasteiger charge is -2.13. The molecule has 1 N–H and O–H groups in total. The molecule has 6 nitrogen and oxygen atoms in total. The molecule has 0 radical (unpaired) electrons. The van der Waals surface area contributed by atoms with Gasteiger partial charge in [0, 0.05) is 29.7 Å². The summed E-state index contributed by atoms with van der Waals surface area (Å²) in [6, 6.07) is 9.05. The van der Waals surface area contributed by atoms with E-state index >= 15 is 0 Å². The predicted molar refractivity (Wildman–Crippen MR) is 118 cm³/mol. The molecular formula is C23H26N2O4S. The third-order valence-electron chi connectivity index (χ3n) is 5.85. The first-order valence-corrected chi connectivity index (χ1v) is 11.6. The van der Waals surface area contributed by atoms with Crippen molar-refractivity contribution in [3.05, 3.63) is 58.3 Å². The van der Waals surface area contributed by atoms with Crippen LogP contribution in [0.15, 0.2) is 39.6 Å². The van der Waals surface area contributed by atoms with E-state index in [9.17, 15) is 13.2 Å². The lowest BCUT2D eigenvalue weighted by molar-refractivity contribution is 0.0762. The third-order valence-corrected chi connectivity index (χ3v) is 7.39. The molecule has 0 aliphatic carbocycles. The molecule has 0 bridgehead atoms. The second-order valence-electron chi connectivity index (χ2n) is 8.05. The minimum Gasteiger partial charge on any atom is -0.449 e. The van der Waals surface area contributed by atoms with Gasteiger partial charge in [0.1, 0.15) is 4.90 Å². The van der Waals surface area contributed by atoms with Gasteiger partial charge in [0.05, 0.1) is 0 Å². The van der Waals surface area contributed by atoms with E-state index in [0.29, 0.717) is 35.3 Å². The Balaban J connectivity index is 1.86. The van der Waals surface area contributed by atoms with E-state index in [4.69, 9.17) is 4.42 Å². The quantitative estimate of drug-likeness (QED) is 0.656. The van der Waals surface area contributed by atoms with Gasteiger partial charge in [-0.05, 0) is 69.9 Å². The number of furan rings is 1. The summed E-state index contributed by atoms with van der Waals surface area (Å²) in [6.45, 7) is 8.79. The molecule has 7 heteroatoms. The van der Waals surface area contributed by atoms with Gasteiger partial charge in [-0.15, -0.1) is 0 Å². The zero-order chi connectivity index (χ0) is 21.6. The molecule has 1 aliphatic heterocycles. The maximum atomic E-state index is 13.4. The van der Waals surface area contributed by atoms with E-state index in [-0.39, 0.29) is 22.1 Å². The van der Waals surface area contributed by atoms with Crippen molar-refractivity contribution in [1.29, 1.82) is 0 Å². The first kappa shape index (κ1) is 20.5. The number of likely N-dealkylation sites (tertiary alicyclic amines) is 1. The summed E-state index contributed by atoms with van der Waals surface area (Å²) in [6.07, 6.45) is 1.95. The van der Waals surface area contributed by atoms with Crippen molar-refractivity contribution in [3.8, 4) is 0 Å². The van der Waals surface area contributed by atoms with E-state index in [1.165, 1.54) is 0 Å². The van der Waals surface area contributed by atoms with Crippen LogP contribution in [0.25, 0.3) is 11.0 Å². The van der Waals surface area contributed by atoms with Gasteiger partial charge in [-0.3, -0.25) is 9.52 Å². The largest absolute Gasteiger partial charge is 0.449 e. The summed E-state index contributed by atoms with van der Waals surface area (Å²) in [5.41, 5.74) is 3.87. The van der Waals surface area contributed by atoms with Gasteiger partial charge in [-0.25, -0.2) is 8.42 Å². The molecule has 3 aromatic rings. The Hall–Kier alpha value is -2.80. The number of hydrogen-bond acceptors (Lipinski definition) is 4. The number of fused-ring (bicyclic) bond motifs is 1. The minimum atomic E-state index is -3.92. The highest BCUT2D eigenvalue weighted by atomic mass is 32.2. The number of amides is 1. The van der Waals surface area contributed by atoms with Crippen LogP contribution in [0.5, 0.6) is 0 Å². The van der Waals surface area contributed by atoms with Crippen molar-refractivity contribution in [2.75, 3.05) is 17.8 Å². The van der Waals surface area contributed by atoms with Crippen molar-refractivity contribution in [2.45, 2.75) is 45.4 Å². The highest BCUT2D eigenvalue weighted by molar-refractivity contribution is 7.93. The number of hydrogen-bond donors (Lipinski definition) is 1. The molecule has 0 spiro atoms. The fourth-order valence-corrected chi connectivity index (χ4v) is 5.47. The average molecular weight is 427 g/mol. The molecule has 1 fully saturated rings. The van der Waals surface area contributed by atoms with Crippen LogP contribution in [0, 0.1) is 27.7 Å². The van der Waals surface area contributed by atoms with Crippen LogP contribution < -0.4 is 4.72 Å². The fourth-order valence-electron chi connectivity index (χ4n) is 3.96. The molecule has 30 heavy (non-hydrogen) atoms. The van der Waals surface area contributed by atoms with E-state index in [2.05, 4.69) is 4.72 Å². The van der Waals surface area contributed by atoms with Crippen molar-refractivity contribution in [3.63, 3.8) is 0 Å². The summed E-state index contributed by atoms with van der Waals surface area (Å²) < 4.78 is 35.3. The Labute approximate surface area is 176 Å². The molecule has 0 atom stereocenters. The van der Waals surface area contributed by atoms with E-state index in [1.807, 2.05) is 39.0 Å². The fraction of sp³-hybridized carbons (Fsp3) is 0.348. The Morgan fingerprint density at radius 3 is 2.27 bits per heavy atom. The summed E-state index contributed by atoms with van der Waals surface area (Å²) in [5, 5.41) is 0.657. The SMILES string of the molecule is Cc1ccc(NS(=O)(=O)c2c(C)c(C)cc3c(C)c(C(=O)N4CCCC4)oc23)cc1. The second kappa shape index (κ2) is 7.47. The van der Waals surface area contributed by atoms with Crippen LogP contribution in [0.2, 0.25) is 0 Å². The lowest BCUT2D eigenvalue weighted by Crippen LogP contribution is -2.27. The molecule has 158 valence electrons. The van der Waals surface area contributed by atoms with Gasteiger partial charge in [-0.1, -0.05) is 17.7 Å². The van der Waals surface area contributed by atoms with Crippen molar-refractivity contribution in [2.24, 2.45) is 0 Å². The maximum Gasteiger partial charge on any atom is 0.289 e. The molecule has 2 aromatic carbocycles. The zero-order valence-corrected chi connectivity index (χ0v) is 18.5. The maximum absolute atomic E-state index is 13.4. The van der Waals surface area contributed by atoms with E-state index in [0.717, 1.165) is 24.0 Å². The standard InChI is InChI=1S/C23H26N2O4S/c1-14-7-9-18(10-8-14)24-30(27,28)22-16(3)15(2)13-19-17(4)20(29-21(19)22)23(26)25-11-5-6-12-25/h7-10,13,24H,5-6,11-12H2,1-4H3. The van der Waals surface area contributed by atoms with Crippen LogP contribution in [-0.4, -0.2) is 32.3 Å².